The Morgan fingerprint density at radius 3 is 2.75 bits per heavy atom. The predicted molar refractivity (Wildman–Crippen MR) is 82.6 cm³/mol. The number of urea groups is 1. The molecule has 0 spiro atoms. The fourth-order valence-corrected chi connectivity index (χ4v) is 2.21. The molecule has 1 aromatic heterocycles. The third-order valence-corrected chi connectivity index (χ3v) is 3.45. The lowest BCUT2D eigenvalue weighted by Gasteiger charge is -2.13. The summed E-state index contributed by atoms with van der Waals surface area (Å²) in [6.45, 7) is 4.09. The second-order valence-electron chi connectivity index (χ2n) is 5.20. The van der Waals surface area contributed by atoms with Gasteiger partial charge in [0.25, 0.3) is 0 Å². The largest absolute Gasteiger partial charge is 0.416 e. The summed E-state index contributed by atoms with van der Waals surface area (Å²) < 4.78 is 40.4. The molecular formula is C15H18F3N5O. The number of aromatic nitrogens is 3. The first-order chi connectivity index (χ1) is 11.3. The molecule has 2 amide bonds. The second-order valence-corrected chi connectivity index (χ2v) is 5.20. The molecule has 0 fully saturated rings. The van der Waals surface area contributed by atoms with Crippen molar-refractivity contribution >= 4 is 11.7 Å². The van der Waals surface area contributed by atoms with Crippen LogP contribution in [0.5, 0.6) is 0 Å². The zero-order valence-electron chi connectivity index (χ0n) is 13.3. The molecule has 2 N–H and O–H groups in total. The number of amides is 2. The Morgan fingerprint density at radius 1 is 1.33 bits per heavy atom. The second kappa shape index (κ2) is 7.33. The fraction of sp³-hybridized carbons (Fsp3) is 0.400. The molecule has 6 nitrogen and oxygen atoms in total. The molecule has 130 valence electrons. The van der Waals surface area contributed by atoms with Crippen LogP contribution in [0.3, 0.4) is 0 Å². The smallest absolute Gasteiger partial charge is 0.336 e. The molecular weight excluding hydrogens is 323 g/mol. The highest BCUT2D eigenvalue weighted by atomic mass is 19.4. The monoisotopic (exact) mass is 341 g/mol. The Morgan fingerprint density at radius 2 is 2.08 bits per heavy atom. The molecule has 0 bridgehead atoms. The van der Waals surface area contributed by atoms with Crippen molar-refractivity contribution in [1.29, 1.82) is 0 Å². The van der Waals surface area contributed by atoms with Gasteiger partial charge in [0.05, 0.1) is 5.56 Å². The van der Waals surface area contributed by atoms with Gasteiger partial charge in [-0.15, -0.1) is 10.2 Å². The Balaban J connectivity index is 1.91. The van der Waals surface area contributed by atoms with Crippen LogP contribution in [-0.2, 0) is 19.1 Å². The number of rotatable bonds is 5. The Hall–Kier alpha value is -2.58. The van der Waals surface area contributed by atoms with Gasteiger partial charge in [0, 0.05) is 25.2 Å². The molecule has 0 aliphatic rings. The standard InChI is InChI=1S/C15H18F3N5O/c1-3-13-22-20-9-23(13)7-6-19-14(24)21-11-5-4-10(2)12(8-11)15(16,17)18/h4-5,8-9H,3,6-7H2,1-2H3,(H2,19,21,24). The number of halogens is 3. The summed E-state index contributed by atoms with van der Waals surface area (Å²) in [6.07, 6.45) is -2.17. The Labute approximate surface area is 137 Å². The van der Waals surface area contributed by atoms with Crippen LogP contribution in [0.15, 0.2) is 24.5 Å². The third-order valence-electron chi connectivity index (χ3n) is 3.45. The van der Waals surface area contributed by atoms with E-state index in [9.17, 15) is 18.0 Å². The van der Waals surface area contributed by atoms with Gasteiger partial charge in [-0.2, -0.15) is 13.2 Å². The van der Waals surface area contributed by atoms with Crippen molar-refractivity contribution in [3.63, 3.8) is 0 Å². The van der Waals surface area contributed by atoms with Gasteiger partial charge < -0.3 is 15.2 Å². The molecule has 0 saturated carbocycles. The van der Waals surface area contributed by atoms with Crippen LogP contribution in [0.1, 0.15) is 23.9 Å². The molecule has 0 atom stereocenters. The van der Waals surface area contributed by atoms with Crippen LogP contribution >= 0.6 is 0 Å². The molecule has 0 aliphatic carbocycles. The minimum atomic E-state index is -4.46. The summed E-state index contributed by atoms with van der Waals surface area (Å²) in [5.74, 6) is 0.797. The van der Waals surface area contributed by atoms with Crippen molar-refractivity contribution in [3.05, 3.63) is 41.5 Å². The molecule has 1 aromatic carbocycles. The zero-order valence-corrected chi connectivity index (χ0v) is 13.3. The lowest BCUT2D eigenvalue weighted by molar-refractivity contribution is -0.138. The Kier molecular flexibility index (Phi) is 5.42. The van der Waals surface area contributed by atoms with Gasteiger partial charge in [0.2, 0.25) is 0 Å². The number of alkyl halides is 3. The highest BCUT2D eigenvalue weighted by molar-refractivity contribution is 5.89. The first-order valence-corrected chi connectivity index (χ1v) is 7.40. The van der Waals surface area contributed by atoms with E-state index in [4.69, 9.17) is 0 Å². The molecule has 0 saturated heterocycles. The van der Waals surface area contributed by atoms with Crippen molar-refractivity contribution in [2.75, 3.05) is 11.9 Å². The predicted octanol–water partition coefficient (Wildman–Crippen LogP) is 2.99. The summed E-state index contributed by atoms with van der Waals surface area (Å²) in [5, 5.41) is 12.7. The summed E-state index contributed by atoms with van der Waals surface area (Å²) >= 11 is 0. The number of aryl methyl sites for hydroxylation is 2. The first kappa shape index (κ1) is 17.8. The van der Waals surface area contributed by atoms with Crippen LogP contribution < -0.4 is 10.6 Å². The number of anilines is 1. The van der Waals surface area contributed by atoms with Gasteiger partial charge in [-0.25, -0.2) is 4.79 Å². The average Bonchev–Trinajstić information content (AvgIpc) is 2.95. The van der Waals surface area contributed by atoms with E-state index in [-0.39, 0.29) is 11.3 Å². The number of nitrogens with zero attached hydrogens (tertiary/aromatic N) is 3. The summed E-state index contributed by atoms with van der Waals surface area (Å²) in [6, 6.07) is 3.10. The summed E-state index contributed by atoms with van der Waals surface area (Å²) in [4.78, 5) is 11.8. The van der Waals surface area contributed by atoms with Gasteiger partial charge >= 0.3 is 12.2 Å². The zero-order chi connectivity index (χ0) is 17.7. The number of carbonyl (C=O) groups is 1. The third kappa shape index (κ3) is 4.46. The average molecular weight is 341 g/mol. The van der Waals surface area contributed by atoms with Gasteiger partial charge in [-0.1, -0.05) is 13.0 Å². The van der Waals surface area contributed by atoms with E-state index in [2.05, 4.69) is 20.8 Å². The summed E-state index contributed by atoms with van der Waals surface area (Å²) in [7, 11) is 0. The van der Waals surface area contributed by atoms with Gasteiger partial charge in [0.1, 0.15) is 12.2 Å². The van der Waals surface area contributed by atoms with E-state index >= 15 is 0 Å². The van der Waals surface area contributed by atoms with E-state index in [1.165, 1.54) is 19.1 Å². The maximum atomic E-state index is 12.9. The number of hydrogen-bond acceptors (Lipinski definition) is 3. The maximum absolute atomic E-state index is 12.9. The van der Waals surface area contributed by atoms with E-state index in [1.807, 2.05) is 6.92 Å². The lowest BCUT2D eigenvalue weighted by Crippen LogP contribution is -2.31. The molecule has 0 unspecified atom stereocenters. The Bertz CT molecular complexity index is 711. The number of carbonyl (C=O) groups excluding carboxylic acids is 1. The van der Waals surface area contributed by atoms with Gasteiger partial charge in [-0.3, -0.25) is 0 Å². The number of nitrogens with one attached hydrogen (secondary N) is 2. The highest BCUT2D eigenvalue weighted by Gasteiger charge is 2.32. The maximum Gasteiger partial charge on any atom is 0.416 e. The minimum absolute atomic E-state index is 0.0870. The SMILES string of the molecule is CCc1nncn1CCNC(=O)Nc1ccc(C)c(C(F)(F)F)c1. The molecule has 2 aromatic rings. The van der Waals surface area contributed by atoms with Gasteiger partial charge in [-0.05, 0) is 24.6 Å². The fourth-order valence-electron chi connectivity index (χ4n) is 2.21. The summed E-state index contributed by atoms with van der Waals surface area (Å²) in [5.41, 5.74) is -0.575. The van der Waals surface area contributed by atoms with Crippen molar-refractivity contribution in [2.24, 2.45) is 0 Å². The first-order valence-electron chi connectivity index (χ1n) is 7.40. The van der Waals surface area contributed by atoms with E-state index < -0.39 is 17.8 Å². The molecule has 24 heavy (non-hydrogen) atoms. The molecule has 0 aliphatic heterocycles. The van der Waals surface area contributed by atoms with E-state index in [1.54, 1.807) is 10.9 Å². The highest BCUT2D eigenvalue weighted by Crippen LogP contribution is 2.33. The molecule has 1 heterocycles. The van der Waals surface area contributed by atoms with Crippen LogP contribution in [0.4, 0.5) is 23.7 Å². The number of benzene rings is 1. The topological polar surface area (TPSA) is 71.8 Å². The lowest BCUT2D eigenvalue weighted by atomic mass is 10.1. The van der Waals surface area contributed by atoms with E-state index in [0.29, 0.717) is 13.1 Å². The van der Waals surface area contributed by atoms with Crippen molar-refractivity contribution in [1.82, 2.24) is 20.1 Å². The quantitative estimate of drug-likeness (QED) is 0.878. The van der Waals surface area contributed by atoms with E-state index in [0.717, 1.165) is 18.3 Å². The van der Waals surface area contributed by atoms with Crippen molar-refractivity contribution in [3.8, 4) is 0 Å². The van der Waals surface area contributed by atoms with Crippen LogP contribution in [0.2, 0.25) is 0 Å². The van der Waals surface area contributed by atoms with Crippen LogP contribution in [0.25, 0.3) is 0 Å². The van der Waals surface area contributed by atoms with Crippen LogP contribution in [0, 0.1) is 6.92 Å². The minimum Gasteiger partial charge on any atom is -0.336 e. The van der Waals surface area contributed by atoms with Crippen LogP contribution in [-0.4, -0.2) is 27.3 Å². The molecule has 0 radical (unpaired) electrons. The normalized spacial score (nSPS) is 11.4. The molecule has 9 heteroatoms. The van der Waals surface area contributed by atoms with Gasteiger partial charge in [0.15, 0.2) is 0 Å². The molecule has 2 rings (SSSR count). The van der Waals surface area contributed by atoms with Crippen molar-refractivity contribution in [2.45, 2.75) is 33.0 Å². The van der Waals surface area contributed by atoms with Crippen molar-refractivity contribution < 1.29 is 18.0 Å². The number of hydrogen-bond donors (Lipinski definition) is 2.